The Labute approximate surface area is 140 Å². The highest BCUT2D eigenvalue weighted by atomic mass is 35.5. The van der Waals surface area contributed by atoms with Gasteiger partial charge in [-0.25, -0.2) is 12.4 Å². The van der Waals surface area contributed by atoms with Gasteiger partial charge in [-0.2, -0.15) is 0 Å². The van der Waals surface area contributed by atoms with Crippen LogP contribution in [0.1, 0.15) is 11.3 Å². The molecule has 1 heterocycles. The van der Waals surface area contributed by atoms with Crippen LogP contribution in [0, 0.1) is 6.92 Å². The third-order valence-electron chi connectivity index (χ3n) is 3.75. The molecule has 0 N–H and O–H groups in total. The molecular weight excluding hydrogens is 330 g/mol. The molecule has 118 valence electrons. The lowest BCUT2D eigenvalue weighted by molar-refractivity contribution is 0.587. The number of nitrogens with zero attached hydrogens (tertiary/aromatic N) is 1. The van der Waals surface area contributed by atoms with Crippen LogP contribution in [0.5, 0.6) is 0 Å². The van der Waals surface area contributed by atoms with Crippen molar-refractivity contribution in [3.8, 4) is 0 Å². The first-order valence-corrected chi connectivity index (χ1v) is 8.99. The van der Waals surface area contributed by atoms with E-state index in [1.54, 1.807) is 42.5 Å². The number of para-hydroxylation sites is 1. The fourth-order valence-corrected chi connectivity index (χ4v) is 4.56. The van der Waals surface area contributed by atoms with Crippen LogP contribution >= 0.6 is 11.6 Å². The lowest BCUT2D eigenvalue weighted by Gasteiger charge is -2.11. The van der Waals surface area contributed by atoms with E-state index in [0.717, 1.165) is 10.9 Å². The van der Waals surface area contributed by atoms with Gasteiger partial charge in [0, 0.05) is 11.8 Å². The van der Waals surface area contributed by atoms with E-state index in [1.165, 1.54) is 3.97 Å². The maximum absolute atomic E-state index is 13.1. The van der Waals surface area contributed by atoms with Crippen molar-refractivity contribution in [1.82, 2.24) is 3.97 Å². The number of allylic oxidation sites excluding steroid dienone is 1. The zero-order valence-electron chi connectivity index (χ0n) is 12.7. The number of benzene rings is 2. The molecule has 0 unspecified atom stereocenters. The molecule has 0 bridgehead atoms. The summed E-state index contributed by atoms with van der Waals surface area (Å²) in [7, 11) is -3.73. The van der Waals surface area contributed by atoms with E-state index >= 15 is 0 Å². The van der Waals surface area contributed by atoms with Crippen LogP contribution in [0.4, 0.5) is 0 Å². The second kappa shape index (κ2) is 5.87. The first-order chi connectivity index (χ1) is 11.0. The highest BCUT2D eigenvalue weighted by molar-refractivity contribution is 7.90. The minimum atomic E-state index is -3.73. The minimum Gasteiger partial charge on any atom is -0.236 e. The summed E-state index contributed by atoms with van der Waals surface area (Å²) < 4.78 is 27.6. The van der Waals surface area contributed by atoms with E-state index in [0.29, 0.717) is 22.7 Å². The number of hydrogen-bond acceptors (Lipinski definition) is 2. The summed E-state index contributed by atoms with van der Waals surface area (Å²) in [5, 5.41) is 1.18. The molecule has 0 atom stereocenters. The summed E-state index contributed by atoms with van der Waals surface area (Å²) in [6.07, 6.45) is 2.03. The van der Waals surface area contributed by atoms with Crippen LogP contribution < -0.4 is 0 Å². The maximum atomic E-state index is 13.1. The van der Waals surface area contributed by atoms with E-state index in [9.17, 15) is 8.42 Å². The zero-order valence-corrected chi connectivity index (χ0v) is 14.2. The van der Waals surface area contributed by atoms with Gasteiger partial charge in [-0.3, -0.25) is 0 Å². The molecule has 0 saturated heterocycles. The van der Waals surface area contributed by atoms with Gasteiger partial charge in [0.05, 0.1) is 21.1 Å². The van der Waals surface area contributed by atoms with Crippen LogP contribution in [0.2, 0.25) is 5.02 Å². The Bertz CT molecular complexity index is 986. The Hall–Kier alpha value is -2.04. The van der Waals surface area contributed by atoms with Crippen molar-refractivity contribution in [3.05, 3.63) is 77.5 Å². The Morgan fingerprint density at radius 1 is 1.13 bits per heavy atom. The molecule has 3 rings (SSSR count). The summed E-state index contributed by atoms with van der Waals surface area (Å²) in [6, 6.07) is 14.0. The highest BCUT2D eigenvalue weighted by Gasteiger charge is 2.25. The van der Waals surface area contributed by atoms with Gasteiger partial charge in [-0.15, -0.1) is 6.58 Å². The van der Waals surface area contributed by atoms with E-state index in [-0.39, 0.29) is 4.90 Å². The average Bonchev–Trinajstić information content (AvgIpc) is 2.82. The molecule has 0 radical (unpaired) electrons. The van der Waals surface area contributed by atoms with Crippen molar-refractivity contribution in [3.63, 3.8) is 0 Å². The second-order valence-electron chi connectivity index (χ2n) is 5.35. The molecule has 0 saturated carbocycles. The van der Waals surface area contributed by atoms with Crippen molar-refractivity contribution in [2.75, 3.05) is 0 Å². The van der Waals surface area contributed by atoms with Crippen molar-refractivity contribution >= 4 is 32.5 Å². The number of aromatic nitrogens is 1. The Morgan fingerprint density at radius 2 is 1.78 bits per heavy atom. The Kier molecular flexibility index (Phi) is 4.04. The Balaban J connectivity index is 2.36. The second-order valence-corrected chi connectivity index (χ2v) is 7.52. The molecule has 0 fully saturated rings. The number of halogens is 1. The first kappa shape index (κ1) is 15.8. The van der Waals surface area contributed by atoms with E-state index in [2.05, 4.69) is 6.58 Å². The minimum absolute atomic E-state index is 0.242. The molecule has 0 aliphatic carbocycles. The van der Waals surface area contributed by atoms with Crippen LogP contribution in [0.15, 0.2) is 66.1 Å². The van der Waals surface area contributed by atoms with E-state index in [1.807, 2.05) is 19.1 Å². The van der Waals surface area contributed by atoms with Gasteiger partial charge in [-0.1, -0.05) is 53.6 Å². The quantitative estimate of drug-likeness (QED) is 0.650. The molecule has 3 aromatic rings. The molecule has 0 aliphatic heterocycles. The number of aryl methyl sites for hydroxylation is 1. The summed E-state index contributed by atoms with van der Waals surface area (Å²) in [5.74, 6) is 0. The van der Waals surface area contributed by atoms with Crippen LogP contribution in [-0.2, 0) is 16.4 Å². The van der Waals surface area contributed by atoms with Crippen molar-refractivity contribution in [2.24, 2.45) is 0 Å². The van der Waals surface area contributed by atoms with Gasteiger partial charge in [-0.05, 0) is 25.1 Å². The number of hydrogen-bond donors (Lipinski definition) is 0. The molecule has 0 amide bonds. The van der Waals surface area contributed by atoms with Crippen molar-refractivity contribution in [1.29, 1.82) is 0 Å². The third-order valence-corrected chi connectivity index (χ3v) is 5.94. The third kappa shape index (κ3) is 2.58. The van der Waals surface area contributed by atoms with Crippen molar-refractivity contribution < 1.29 is 8.42 Å². The lowest BCUT2D eigenvalue weighted by atomic mass is 10.2. The summed E-state index contributed by atoms with van der Waals surface area (Å²) in [5.41, 5.74) is 2.11. The number of fused-ring (bicyclic) bond motifs is 1. The van der Waals surface area contributed by atoms with Crippen LogP contribution in [0.3, 0.4) is 0 Å². The van der Waals surface area contributed by atoms with Gasteiger partial charge < -0.3 is 0 Å². The summed E-state index contributed by atoms with van der Waals surface area (Å²) in [6.45, 7) is 5.63. The monoisotopic (exact) mass is 345 g/mol. The van der Waals surface area contributed by atoms with Gasteiger partial charge in [0.1, 0.15) is 0 Å². The SMILES string of the molecule is C=CCc1c(Cl)c2ccccc2n1S(=O)(=O)c1ccc(C)cc1. The number of rotatable bonds is 4. The van der Waals surface area contributed by atoms with Crippen LogP contribution in [0.25, 0.3) is 10.9 Å². The predicted octanol–water partition coefficient (Wildman–Crippen LogP) is 4.57. The molecule has 3 nitrogen and oxygen atoms in total. The fraction of sp³-hybridized carbons (Fsp3) is 0.111. The largest absolute Gasteiger partial charge is 0.268 e. The molecular formula is C18H16ClNO2S. The van der Waals surface area contributed by atoms with Gasteiger partial charge in [0.25, 0.3) is 10.0 Å². The molecule has 23 heavy (non-hydrogen) atoms. The Morgan fingerprint density at radius 3 is 2.43 bits per heavy atom. The van der Waals surface area contributed by atoms with Crippen molar-refractivity contribution in [2.45, 2.75) is 18.2 Å². The first-order valence-electron chi connectivity index (χ1n) is 7.17. The highest BCUT2D eigenvalue weighted by Crippen LogP contribution is 2.34. The molecule has 1 aromatic heterocycles. The van der Waals surface area contributed by atoms with E-state index < -0.39 is 10.0 Å². The van der Waals surface area contributed by atoms with Gasteiger partial charge in [0.2, 0.25) is 0 Å². The summed E-state index contributed by atoms with van der Waals surface area (Å²) >= 11 is 6.43. The van der Waals surface area contributed by atoms with Crippen LogP contribution in [-0.4, -0.2) is 12.4 Å². The molecule has 5 heteroatoms. The van der Waals surface area contributed by atoms with Gasteiger partial charge in [0.15, 0.2) is 0 Å². The predicted molar refractivity (Wildman–Crippen MR) is 94.6 cm³/mol. The maximum Gasteiger partial charge on any atom is 0.268 e. The summed E-state index contributed by atoms with van der Waals surface area (Å²) in [4.78, 5) is 0.242. The lowest BCUT2D eigenvalue weighted by Crippen LogP contribution is -2.15. The zero-order chi connectivity index (χ0) is 16.6. The molecule has 2 aromatic carbocycles. The fourth-order valence-electron chi connectivity index (χ4n) is 2.63. The normalized spacial score (nSPS) is 11.7. The molecule has 0 spiro atoms. The average molecular weight is 346 g/mol. The van der Waals surface area contributed by atoms with Gasteiger partial charge >= 0.3 is 0 Å². The molecule has 0 aliphatic rings. The standard InChI is InChI=1S/C18H16ClNO2S/c1-3-6-17-18(19)15-7-4-5-8-16(15)20(17)23(21,22)14-11-9-13(2)10-12-14/h3-5,7-12H,1,6H2,2H3. The topological polar surface area (TPSA) is 39.1 Å². The van der Waals surface area contributed by atoms with E-state index in [4.69, 9.17) is 11.6 Å². The smallest absolute Gasteiger partial charge is 0.236 e.